The van der Waals surface area contributed by atoms with E-state index in [1.54, 1.807) is 42.6 Å². The first-order valence-corrected chi connectivity index (χ1v) is 9.17. The number of aryl methyl sites for hydroxylation is 1. The van der Waals surface area contributed by atoms with E-state index in [2.05, 4.69) is 14.9 Å². The van der Waals surface area contributed by atoms with Gasteiger partial charge in [0, 0.05) is 11.8 Å². The van der Waals surface area contributed by atoms with Crippen molar-refractivity contribution in [2.75, 3.05) is 0 Å². The van der Waals surface area contributed by atoms with E-state index in [1.807, 2.05) is 43.3 Å². The van der Waals surface area contributed by atoms with Crippen LogP contribution in [0.25, 0.3) is 0 Å². The number of aromatic nitrogens is 1. The summed E-state index contributed by atoms with van der Waals surface area (Å²) in [6.45, 7) is 1.90. The second kappa shape index (κ2) is 7.27. The van der Waals surface area contributed by atoms with Gasteiger partial charge in [-0.05, 0) is 31.2 Å². The van der Waals surface area contributed by atoms with E-state index in [1.165, 1.54) is 0 Å². The number of benzene rings is 2. The molecule has 0 saturated heterocycles. The molecule has 3 rings (SSSR count). The molecule has 1 N–H and O–H groups in total. The highest BCUT2D eigenvalue weighted by molar-refractivity contribution is 7.89. The molecule has 0 aliphatic rings. The monoisotopic (exact) mass is 351 g/mol. The minimum absolute atomic E-state index is 0.162. The second-order valence-electron chi connectivity index (χ2n) is 5.45. The zero-order valence-electron chi connectivity index (χ0n) is 13.6. The summed E-state index contributed by atoms with van der Waals surface area (Å²) in [6.07, 6.45) is 1.64. The zero-order valence-corrected chi connectivity index (χ0v) is 14.4. The van der Waals surface area contributed by atoms with Crippen molar-refractivity contribution in [1.29, 1.82) is 0 Å². The maximum atomic E-state index is 12.5. The molecule has 5 nitrogen and oxygen atoms in total. The van der Waals surface area contributed by atoms with Crippen LogP contribution in [0.1, 0.15) is 16.8 Å². The molecule has 6 heteroatoms. The van der Waals surface area contributed by atoms with Crippen LogP contribution in [0.4, 0.5) is 0 Å². The number of nitrogens with zero attached hydrogens (tertiary/aromatic N) is 2. The van der Waals surface area contributed by atoms with Gasteiger partial charge < -0.3 is 0 Å². The van der Waals surface area contributed by atoms with Gasteiger partial charge in [0.15, 0.2) is 0 Å². The molecule has 0 spiro atoms. The molecular weight excluding hydrogens is 334 g/mol. The molecule has 126 valence electrons. The Balaban J connectivity index is 1.98. The number of hydrogen-bond donors (Lipinski definition) is 1. The molecule has 2 aromatic carbocycles. The molecule has 0 aliphatic heterocycles. The van der Waals surface area contributed by atoms with Gasteiger partial charge in [-0.1, -0.05) is 54.1 Å². The number of sulfonamides is 1. The molecule has 0 aliphatic carbocycles. The van der Waals surface area contributed by atoms with Gasteiger partial charge in [-0.15, -0.1) is 0 Å². The van der Waals surface area contributed by atoms with Crippen molar-refractivity contribution in [3.05, 3.63) is 95.8 Å². The number of rotatable bonds is 5. The molecule has 25 heavy (non-hydrogen) atoms. The average Bonchev–Trinajstić information content (AvgIpc) is 2.64. The summed E-state index contributed by atoms with van der Waals surface area (Å²) < 4.78 is 24.9. The van der Waals surface area contributed by atoms with Crippen LogP contribution in [0.5, 0.6) is 0 Å². The third kappa shape index (κ3) is 4.10. The Morgan fingerprint density at radius 1 is 0.920 bits per heavy atom. The molecule has 0 fully saturated rings. The summed E-state index contributed by atoms with van der Waals surface area (Å²) in [7, 11) is -3.75. The maximum Gasteiger partial charge on any atom is 0.276 e. The van der Waals surface area contributed by atoms with E-state index in [4.69, 9.17) is 0 Å². The quantitative estimate of drug-likeness (QED) is 0.567. The molecule has 0 radical (unpaired) electrons. The third-order valence-corrected chi connectivity index (χ3v) is 4.79. The van der Waals surface area contributed by atoms with Crippen molar-refractivity contribution in [3.63, 3.8) is 0 Å². The van der Waals surface area contributed by atoms with Crippen LogP contribution in [0.2, 0.25) is 0 Å². The normalized spacial score (nSPS) is 12.0. The first kappa shape index (κ1) is 16.9. The van der Waals surface area contributed by atoms with Crippen LogP contribution in [0.3, 0.4) is 0 Å². The van der Waals surface area contributed by atoms with Crippen molar-refractivity contribution >= 4 is 15.7 Å². The first-order valence-electron chi connectivity index (χ1n) is 7.69. The van der Waals surface area contributed by atoms with Crippen LogP contribution in [0.15, 0.2) is 89.0 Å². The van der Waals surface area contributed by atoms with Gasteiger partial charge in [0.1, 0.15) is 5.71 Å². The highest BCUT2D eigenvalue weighted by Gasteiger charge is 2.14. The Morgan fingerprint density at radius 3 is 2.24 bits per heavy atom. The van der Waals surface area contributed by atoms with Gasteiger partial charge in [0.05, 0.1) is 10.6 Å². The van der Waals surface area contributed by atoms with Crippen molar-refractivity contribution in [2.45, 2.75) is 11.8 Å². The minimum atomic E-state index is -3.75. The zero-order chi connectivity index (χ0) is 17.7. The van der Waals surface area contributed by atoms with Crippen LogP contribution in [0, 0.1) is 6.92 Å². The lowest BCUT2D eigenvalue weighted by Gasteiger charge is -2.08. The van der Waals surface area contributed by atoms with Gasteiger partial charge in [-0.3, -0.25) is 4.98 Å². The van der Waals surface area contributed by atoms with Crippen LogP contribution in [-0.2, 0) is 10.0 Å². The van der Waals surface area contributed by atoms with E-state index in [0.717, 1.165) is 11.1 Å². The smallest absolute Gasteiger partial charge is 0.255 e. The molecule has 1 heterocycles. The lowest BCUT2D eigenvalue weighted by atomic mass is 10.1. The highest BCUT2D eigenvalue weighted by Crippen LogP contribution is 2.12. The fourth-order valence-corrected chi connectivity index (χ4v) is 3.06. The topological polar surface area (TPSA) is 71.4 Å². The molecule has 0 atom stereocenters. The molecule has 1 aromatic heterocycles. The molecule has 0 saturated carbocycles. The largest absolute Gasteiger partial charge is 0.276 e. The summed E-state index contributed by atoms with van der Waals surface area (Å²) in [5.41, 5.74) is 2.80. The molecule has 0 unspecified atom stereocenters. The van der Waals surface area contributed by atoms with Gasteiger partial charge in [0.25, 0.3) is 10.0 Å². The predicted octanol–water partition coefficient (Wildman–Crippen LogP) is 3.12. The summed E-state index contributed by atoms with van der Waals surface area (Å²) in [5.74, 6) is 0. The number of nitrogens with one attached hydrogen (secondary N) is 1. The van der Waals surface area contributed by atoms with E-state index in [0.29, 0.717) is 11.4 Å². The van der Waals surface area contributed by atoms with Gasteiger partial charge in [-0.2, -0.15) is 18.4 Å². The van der Waals surface area contributed by atoms with Crippen molar-refractivity contribution in [2.24, 2.45) is 5.10 Å². The molecule has 0 bridgehead atoms. The number of hydrogen-bond acceptors (Lipinski definition) is 4. The number of hydrazone groups is 1. The van der Waals surface area contributed by atoms with Crippen molar-refractivity contribution in [1.82, 2.24) is 9.82 Å². The molecule has 3 aromatic rings. The fraction of sp³-hybridized carbons (Fsp3) is 0.0526. The van der Waals surface area contributed by atoms with Crippen molar-refractivity contribution in [3.8, 4) is 0 Å². The Bertz CT molecular complexity index is 927. The lowest BCUT2D eigenvalue weighted by molar-refractivity contribution is 0.584. The Morgan fingerprint density at radius 2 is 1.60 bits per heavy atom. The number of pyridine rings is 1. The summed E-state index contributed by atoms with van der Waals surface area (Å²) in [5, 5.41) is 4.15. The Hall–Kier alpha value is -2.99. The first-order chi connectivity index (χ1) is 12.1. The third-order valence-electron chi connectivity index (χ3n) is 3.56. The highest BCUT2D eigenvalue weighted by atomic mass is 32.2. The van der Waals surface area contributed by atoms with Crippen LogP contribution in [-0.4, -0.2) is 19.1 Å². The van der Waals surface area contributed by atoms with Gasteiger partial charge in [0.2, 0.25) is 0 Å². The van der Waals surface area contributed by atoms with E-state index in [-0.39, 0.29) is 4.90 Å². The average molecular weight is 351 g/mol. The summed E-state index contributed by atoms with van der Waals surface area (Å²) in [4.78, 5) is 6.75. The molecule has 0 amide bonds. The van der Waals surface area contributed by atoms with E-state index < -0.39 is 10.0 Å². The fourth-order valence-electron chi connectivity index (χ4n) is 2.24. The lowest BCUT2D eigenvalue weighted by Crippen LogP contribution is -2.21. The predicted molar refractivity (Wildman–Crippen MR) is 97.8 cm³/mol. The summed E-state index contributed by atoms with van der Waals surface area (Å²) in [6, 6.07) is 21.3. The van der Waals surface area contributed by atoms with Gasteiger partial charge in [-0.25, -0.2) is 0 Å². The van der Waals surface area contributed by atoms with Crippen molar-refractivity contribution < 1.29 is 8.42 Å². The maximum absolute atomic E-state index is 12.5. The van der Waals surface area contributed by atoms with Gasteiger partial charge >= 0.3 is 0 Å². The minimum Gasteiger partial charge on any atom is -0.255 e. The van der Waals surface area contributed by atoms with Crippen LogP contribution >= 0.6 is 0 Å². The van der Waals surface area contributed by atoms with Crippen LogP contribution < -0.4 is 4.83 Å². The second-order valence-corrected chi connectivity index (χ2v) is 7.11. The Labute approximate surface area is 147 Å². The van der Waals surface area contributed by atoms with E-state index in [9.17, 15) is 8.42 Å². The standard InChI is InChI=1S/C19H17N3O2S/c1-15-10-12-17(13-11-15)25(23,24)22-21-19(16-7-3-2-4-8-16)18-9-5-6-14-20-18/h2-14,22H,1H3/b21-19+. The SMILES string of the molecule is Cc1ccc(S(=O)(=O)N/N=C(\c2ccccc2)c2ccccn2)cc1. The molecular formula is C19H17N3O2S. The summed E-state index contributed by atoms with van der Waals surface area (Å²) >= 11 is 0. The Kier molecular flexibility index (Phi) is 4.90. The van der Waals surface area contributed by atoms with E-state index >= 15 is 0 Å².